The van der Waals surface area contributed by atoms with Crippen molar-refractivity contribution in [3.05, 3.63) is 36.1 Å². The Balaban J connectivity index is -0.0000000441. The SMILES string of the molecule is C=C(C)C(C)C(C)CN/C(C)=C/C=C\C.CC.CC.CC.CC.CC.CC.CC. The van der Waals surface area contributed by atoms with Crippen molar-refractivity contribution in [2.24, 2.45) is 11.8 Å². The van der Waals surface area contributed by atoms with Crippen molar-refractivity contribution >= 4 is 0 Å². The van der Waals surface area contributed by atoms with Crippen LogP contribution in [0.4, 0.5) is 0 Å². The Labute approximate surface area is 191 Å². The van der Waals surface area contributed by atoms with Gasteiger partial charge in [0.15, 0.2) is 0 Å². The van der Waals surface area contributed by atoms with E-state index >= 15 is 0 Å². The van der Waals surface area contributed by atoms with Gasteiger partial charge in [-0.05, 0) is 38.7 Å². The van der Waals surface area contributed by atoms with Crippen LogP contribution in [0.5, 0.6) is 0 Å². The first-order valence-electron chi connectivity index (χ1n) is 12.7. The van der Waals surface area contributed by atoms with Crippen LogP contribution >= 0.6 is 0 Å². The lowest BCUT2D eigenvalue weighted by atomic mass is 9.90. The largest absolute Gasteiger partial charge is 0.388 e. The van der Waals surface area contributed by atoms with E-state index in [1.165, 1.54) is 11.3 Å². The highest BCUT2D eigenvalue weighted by molar-refractivity contribution is 5.08. The summed E-state index contributed by atoms with van der Waals surface area (Å²) in [6, 6.07) is 0. The van der Waals surface area contributed by atoms with Gasteiger partial charge in [-0.1, -0.05) is 135 Å². The van der Waals surface area contributed by atoms with Gasteiger partial charge in [-0.3, -0.25) is 0 Å². The maximum absolute atomic E-state index is 4.00. The summed E-state index contributed by atoms with van der Waals surface area (Å²) >= 11 is 0. The van der Waals surface area contributed by atoms with Gasteiger partial charge in [0.05, 0.1) is 0 Å². The van der Waals surface area contributed by atoms with Gasteiger partial charge < -0.3 is 5.32 Å². The van der Waals surface area contributed by atoms with Gasteiger partial charge in [0, 0.05) is 12.2 Å². The summed E-state index contributed by atoms with van der Waals surface area (Å²) in [5.41, 5.74) is 2.48. The highest BCUT2D eigenvalue weighted by Gasteiger charge is 2.11. The average molecular weight is 418 g/mol. The van der Waals surface area contributed by atoms with Crippen LogP contribution in [0.15, 0.2) is 36.1 Å². The van der Waals surface area contributed by atoms with Crippen molar-refractivity contribution in [1.29, 1.82) is 0 Å². The second kappa shape index (κ2) is 71.3. The van der Waals surface area contributed by atoms with Crippen LogP contribution in [-0.2, 0) is 0 Å². The molecule has 0 aromatic carbocycles. The summed E-state index contributed by atoms with van der Waals surface area (Å²) in [6.45, 7) is 43.7. The number of hydrogen-bond donors (Lipinski definition) is 1. The molecule has 0 spiro atoms. The fourth-order valence-corrected chi connectivity index (χ4v) is 1.28. The van der Waals surface area contributed by atoms with E-state index in [1.54, 1.807) is 0 Å². The van der Waals surface area contributed by atoms with Crippen molar-refractivity contribution in [3.8, 4) is 0 Å². The van der Waals surface area contributed by atoms with Crippen molar-refractivity contribution in [2.75, 3.05) is 6.54 Å². The highest BCUT2D eigenvalue weighted by Crippen LogP contribution is 2.17. The maximum atomic E-state index is 4.00. The van der Waals surface area contributed by atoms with Gasteiger partial charge in [0.25, 0.3) is 0 Å². The van der Waals surface area contributed by atoms with Crippen LogP contribution in [-0.4, -0.2) is 6.54 Å². The standard InChI is InChI=1S/C14H25N.7C2H6/c1-7-8-9-13(5)15-10-12(4)14(6)11(2)3;7*1-2/h7-9,12,14-15H,2,10H2,1,3-6H3;7*1-2H3/b8-7-,13-9+;;;;;;;. The number of allylic oxidation sites excluding steroid dienone is 5. The molecule has 0 aliphatic rings. The molecule has 0 rings (SSSR count). The van der Waals surface area contributed by atoms with Crippen LogP contribution in [0.25, 0.3) is 0 Å². The number of hydrogen-bond acceptors (Lipinski definition) is 1. The van der Waals surface area contributed by atoms with Crippen molar-refractivity contribution in [3.63, 3.8) is 0 Å². The van der Waals surface area contributed by atoms with Crippen LogP contribution in [0, 0.1) is 11.8 Å². The van der Waals surface area contributed by atoms with Gasteiger partial charge in [-0.15, -0.1) is 0 Å². The molecule has 0 aromatic heterocycles. The Morgan fingerprint density at radius 1 is 0.724 bits per heavy atom. The lowest BCUT2D eigenvalue weighted by Crippen LogP contribution is -2.24. The van der Waals surface area contributed by atoms with E-state index < -0.39 is 0 Å². The van der Waals surface area contributed by atoms with Crippen LogP contribution in [0.3, 0.4) is 0 Å². The van der Waals surface area contributed by atoms with Crippen LogP contribution in [0.2, 0.25) is 0 Å². The Kier molecular flexibility index (Phi) is 125. The van der Waals surface area contributed by atoms with E-state index in [4.69, 9.17) is 0 Å². The van der Waals surface area contributed by atoms with Crippen LogP contribution in [0.1, 0.15) is 132 Å². The third kappa shape index (κ3) is 65.9. The molecule has 0 heterocycles. The van der Waals surface area contributed by atoms with E-state index in [9.17, 15) is 0 Å². The minimum Gasteiger partial charge on any atom is -0.388 e. The summed E-state index contributed by atoms with van der Waals surface area (Å²) < 4.78 is 0. The molecule has 0 bridgehead atoms. The molecule has 29 heavy (non-hydrogen) atoms. The Morgan fingerprint density at radius 2 is 1.03 bits per heavy atom. The molecular weight excluding hydrogens is 350 g/mol. The number of rotatable bonds is 6. The van der Waals surface area contributed by atoms with E-state index in [-0.39, 0.29) is 0 Å². The first kappa shape index (κ1) is 51.0. The summed E-state index contributed by atoms with van der Waals surface area (Å²) in [6.07, 6.45) is 6.18. The van der Waals surface area contributed by atoms with Gasteiger partial charge >= 0.3 is 0 Å². The molecule has 1 N–H and O–H groups in total. The Hall–Kier alpha value is -0.980. The first-order valence-corrected chi connectivity index (χ1v) is 12.7. The predicted octanol–water partition coefficient (Wildman–Crippen LogP) is 11.1. The summed E-state index contributed by atoms with van der Waals surface area (Å²) in [7, 11) is 0. The molecule has 0 saturated carbocycles. The van der Waals surface area contributed by atoms with E-state index in [0.717, 1.165) is 6.54 Å². The molecule has 0 aliphatic heterocycles. The molecular formula is C28H67N. The first-order chi connectivity index (χ1) is 14.0. The lowest BCUT2D eigenvalue weighted by Gasteiger charge is -2.21. The molecule has 0 aromatic rings. The predicted molar refractivity (Wildman–Crippen MR) is 149 cm³/mol. The zero-order valence-corrected chi connectivity index (χ0v) is 24.8. The Bertz CT molecular complexity index is 249. The average Bonchev–Trinajstić information content (AvgIpc) is 2.84. The quantitative estimate of drug-likeness (QED) is 0.334. The maximum Gasteiger partial charge on any atom is 0.0175 e. The molecule has 1 nitrogen and oxygen atoms in total. The minimum atomic E-state index is 0.576. The minimum absolute atomic E-state index is 0.576. The third-order valence-electron chi connectivity index (χ3n) is 2.87. The van der Waals surface area contributed by atoms with Crippen molar-refractivity contribution in [1.82, 2.24) is 5.32 Å². The molecule has 184 valence electrons. The van der Waals surface area contributed by atoms with Crippen molar-refractivity contribution < 1.29 is 0 Å². The van der Waals surface area contributed by atoms with E-state index in [0.29, 0.717) is 11.8 Å². The van der Waals surface area contributed by atoms with E-state index in [1.807, 2.05) is 110 Å². The molecule has 0 fully saturated rings. The molecule has 0 aliphatic carbocycles. The molecule has 0 saturated heterocycles. The monoisotopic (exact) mass is 418 g/mol. The fraction of sp³-hybridized carbons (Fsp3) is 0.786. The highest BCUT2D eigenvalue weighted by atomic mass is 14.9. The fourth-order valence-electron chi connectivity index (χ4n) is 1.28. The van der Waals surface area contributed by atoms with Gasteiger partial charge in [-0.2, -0.15) is 0 Å². The Morgan fingerprint density at radius 3 is 1.28 bits per heavy atom. The second-order valence-electron chi connectivity index (χ2n) is 4.37. The van der Waals surface area contributed by atoms with Gasteiger partial charge in [0.2, 0.25) is 0 Å². The number of nitrogens with one attached hydrogen (secondary N) is 1. The smallest absolute Gasteiger partial charge is 0.0175 e. The summed E-state index contributed by atoms with van der Waals surface area (Å²) in [5.74, 6) is 1.20. The molecule has 1 heteroatoms. The zero-order valence-electron chi connectivity index (χ0n) is 24.8. The van der Waals surface area contributed by atoms with Crippen molar-refractivity contribution in [2.45, 2.75) is 132 Å². The second-order valence-corrected chi connectivity index (χ2v) is 4.37. The molecule has 0 radical (unpaired) electrons. The molecule has 2 unspecified atom stereocenters. The summed E-state index contributed by atoms with van der Waals surface area (Å²) in [5, 5.41) is 3.42. The normalized spacial score (nSPS) is 9.97. The molecule has 0 amide bonds. The topological polar surface area (TPSA) is 12.0 Å². The molecule has 2 atom stereocenters. The lowest BCUT2D eigenvalue weighted by molar-refractivity contribution is 0.426. The van der Waals surface area contributed by atoms with Crippen LogP contribution < -0.4 is 5.32 Å². The van der Waals surface area contributed by atoms with Gasteiger partial charge in [0.1, 0.15) is 0 Å². The van der Waals surface area contributed by atoms with Gasteiger partial charge in [-0.25, -0.2) is 0 Å². The van der Waals surface area contributed by atoms with E-state index in [2.05, 4.69) is 51.7 Å². The summed E-state index contributed by atoms with van der Waals surface area (Å²) in [4.78, 5) is 0. The third-order valence-corrected chi connectivity index (χ3v) is 2.87. The zero-order chi connectivity index (χ0) is 25.8.